The number of carbonyl (C=O) groups is 1. The van der Waals surface area contributed by atoms with Gasteiger partial charge in [-0.15, -0.1) is 0 Å². The highest BCUT2D eigenvalue weighted by molar-refractivity contribution is 6.04. The Morgan fingerprint density at radius 2 is 1.88 bits per heavy atom. The summed E-state index contributed by atoms with van der Waals surface area (Å²) in [5, 5.41) is 2.69. The van der Waals surface area contributed by atoms with Gasteiger partial charge in [0.1, 0.15) is 11.6 Å². The molecule has 1 amide bonds. The first-order valence-electron chi connectivity index (χ1n) is 9.02. The van der Waals surface area contributed by atoms with Crippen molar-refractivity contribution in [1.29, 1.82) is 0 Å². The number of carbonyl (C=O) groups excluding carboxylic acids is 1. The fourth-order valence-electron chi connectivity index (χ4n) is 3.17. The molecule has 1 aliphatic heterocycles. The van der Waals surface area contributed by atoms with Crippen molar-refractivity contribution < 1.29 is 9.18 Å². The molecule has 1 aromatic carbocycles. The molecule has 1 saturated heterocycles. The number of aromatic nitrogens is 1. The second-order valence-electron chi connectivity index (χ2n) is 7.02. The van der Waals surface area contributed by atoms with Gasteiger partial charge in [0.2, 0.25) is 0 Å². The largest absolute Gasteiger partial charge is 0.354 e. The van der Waals surface area contributed by atoms with Crippen LogP contribution in [0.25, 0.3) is 0 Å². The molecule has 1 aliphatic rings. The molecule has 0 spiro atoms. The van der Waals surface area contributed by atoms with Gasteiger partial charge in [-0.2, -0.15) is 0 Å². The van der Waals surface area contributed by atoms with E-state index in [9.17, 15) is 9.18 Å². The average molecular weight is 356 g/mol. The minimum Gasteiger partial charge on any atom is -0.354 e. The standard InChI is InChI=1S/C20H25FN4O/c1-15(2)14-24-9-11-25(12-10-24)19-8-7-16(13-22-19)23-20(26)17-5-3-4-6-18(17)21/h3-8,13,15H,9-12,14H2,1-2H3,(H,23,26). The zero-order valence-corrected chi connectivity index (χ0v) is 15.3. The van der Waals surface area contributed by atoms with E-state index in [1.165, 1.54) is 12.1 Å². The van der Waals surface area contributed by atoms with Crippen molar-refractivity contribution in [2.24, 2.45) is 5.92 Å². The number of piperazine rings is 1. The third-order valence-electron chi connectivity index (χ3n) is 4.44. The number of hydrogen-bond acceptors (Lipinski definition) is 4. The molecule has 26 heavy (non-hydrogen) atoms. The number of pyridine rings is 1. The first-order chi connectivity index (χ1) is 12.5. The minimum atomic E-state index is -0.533. The number of halogens is 1. The van der Waals surface area contributed by atoms with Gasteiger partial charge in [0.25, 0.3) is 5.91 Å². The molecule has 2 aromatic rings. The van der Waals surface area contributed by atoms with E-state index in [4.69, 9.17) is 0 Å². The summed E-state index contributed by atoms with van der Waals surface area (Å²) in [6, 6.07) is 9.64. The number of rotatable bonds is 5. The van der Waals surface area contributed by atoms with E-state index in [1.807, 2.05) is 12.1 Å². The van der Waals surface area contributed by atoms with Crippen LogP contribution in [0.5, 0.6) is 0 Å². The molecule has 1 N–H and O–H groups in total. The second-order valence-corrected chi connectivity index (χ2v) is 7.02. The van der Waals surface area contributed by atoms with Crippen LogP contribution in [0.2, 0.25) is 0 Å². The Morgan fingerprint density at radius 1 is 1.15 bits per heavy atom. The highest BCUT2D eigenvalue weighted by Gasteiger charge is 2.18. The van der Waals surface area contributed by atoms with E-state index in [-0.39, 0.29) is 5.56 Å². The number of nitrogens with zero attached hydrogens (tertiary/aromatic N) is 3. The van der Waals surface area contributed by atoms with Gasteiger partial charge < -0.3 is 10.2 Å². The van der Waals surface area contributed by atoms with Crippen molar-refractivity contribution in [3.8, 4) is 0 Å². The first kappa shape index (κ1) is 18.3. The van der Waals surface area contributed by atoms with Gasteiger partial charge in [-0.1, -0.05) is 26.0 Å². The van der Waals surface area contributed by atoms with Crippen LogP contribution < -0.4 is 10.2 Å². The Kier molecular flexibility index (Phi) is 5.83. The molecule has 3 rings (SSSR count). The summed E-state index contributed by atoms with van der Waals surface area (Å²) < 4.78 is 13.7. The lowest BCUT2D eigenvalue weighted by Crippen LogP contribution is -2.47. The fraction of sp³-hybridized carbons (Fsp3) is 0.400. The summed E-state index contributed by atoms with van der Waals surface area (Å²) >= 11 is 0. The summed E-state index contributed by atoms with van der Waals surface area (Å²) in [4.78, 5) is 21.3. The van der Waals surface area contributed by atoms with Gasteiger partial charge in [0.05, 0.1) is 17.4 Å². The third-order valence-corrected chi connectivity index (χ3v) is 4.44. The lowest BCUT2D eigenvalue weighted by molar-refractivity contribution is 0.102. The Labute approximate surface area is 153 Å². The molecule has 5 nitrogen and oxygen atoms in total. The van der Waals surface area contributed by atoms with Gasteiger partial charge in [-0.05, 0) is 30.2 Å². The van der Waals surface area contributed by atoms with Gasteiger partial charge in [-0.25, -0.2) is 9.37 Å². The second kappa shape index (κ2) is 8.27. The lowest BCUT2D eigenvalue weighted by Gasteiger charge is -2.36. The van der Waals surface area contributed by atoms with Crippen molar-refractivity contribution >= 4 is 17.4 Å². The van der Waals surface area contributed by atoms with Crippen molar-refractivity contribution in [3.05, 3.63) is 54.0 Å². The Morgan fingerprint density at radius 3 is 2.50 bits per heavy atom. The first-order valence-corrected chi connectivity index (χ1v) is 9.02. The maximum absolute atomic E-state index is 13.7. The molecule has 6 heteroatoms. The molecule has 1 fully saturated rings. The number of amides is 1. The highest BCUT2D eigenvalue weighted by atomic mass is 19.1. The van der Waals surface area contributed by atoms with E-state index < -0.39 is 11.7 Å². The van der Waals surface area contributed by atoms with Crippen LogP contribution >= 0.6 is 0 Å². The summed E-state index contributed by atoms with van der Waals surface area (Å²) in [7, 11) is 0. The molecule has 0 saturated carbocycles. The van der Waals surface area contributed by atoms with Crippen LogP contribution in [-0.2, 0) is 0 Å². The summed E-state index contributed by atoms with van der Waals surface area (Å²) in [6.45, 7) is 9.56. The van der Waals surface area contributed by atoms with Crippen molar-refractivity contribution in [3.63, 3.8) is 0 Å². The van der Waals surface area contributed by atoms with Crippen molar-refractivity contribution in [2.75, 3.05) is 42.9 Å². The van der Waals surface area contributed by atoms with Crippen LogP contribution in [0.1, 0.15) is 24.2 Å². The van der Waals surface area contributed by atoms with Crippen molar-refractivity contribution in [1.82, 2.24) is 9.88 Å². The predicted molar refractivity (Wildman–Crippen MR) is 102 cm³/mol. The van der Waals surface area contributed by atoms with E-state index in [2.05, 4.69) is 33.9 Å². The lowest BCUT2D eigenvalue weighted by atomic mass is 10.2. The highest BCUT2D eigenvalue weighted by Crippen LogP contribution is 2.18. The van der Waals surface area contributed by atoms with Crippen LogP contribution in [0.4, 0.5) is 15.9 Å². The molecular weight excluding hydrogens is 331 g/mol. The topological polar surface area (TPSA) is 48.5 Å². The molecule has 0 radical (unpaired) electrons. The van der Waals surface area contributed by atoms with E-state index >= 15 is 0 Å². The van der Waals surface area contributed by atoms with Crippen LogP contribution in [-0.4, -0.2) is 48.5 Å². The van der Waals surface area contributed by atoms with Crippen molar-refractivity contribution in [2.45, 2.75) is 13.8 Å². The molecule has 1 aromatic heterocycles. The SMILES string of the molecule is CC(C)CN1CCN(c2ccc(NC(=O)c3ccccc3F)cn2)CC1. The normalized spacial score (nSPS) is 15.3. The molecule has 0 unspecified atom stereocenters. The average Bonchev–Trinajstić information content (AvgIpc) is 2.63. The Bertz CT molecular complexity index is 740. The molecule has 138 valence electrons. The number of benzene rings is 1. The number of hydrogen-bond donors (Lipinski definition) is 1. The molecule has 2 heterocycles. The monoisotopic (exact) mass is 356 g/mol. The molecule has 0 bridgehead atoms. The van der Waals surface area contributed by atoms with Crippen LogP contribution in [0.3, 0.4) is 0 Å². The fourth-order valence-corrected chi connectivity index (χ4v) is 3.17. The zero-order valence-electron chi connectivity index (χ0n) is 15.3. The predicted octanol–water partition coefficient (Wildman–Crippen LogP) is 3.25. The van der Waals surface area contributed by atoms with Gasteiger partial charge in [0.15, 0.2) is 0 Å². The third kappa shape index (κ3) is 4.58. The zero-order chi connectivity index (χ0) is 18.5. The minimum absolute atomic E-state index is 0.0258. The van der Waals surface area contributed by atoms with E-state index in [0.29, 0.717) is 11.6 Å². The van der Waals surface area contributed by atoms with E-state index in [0.717, 1.165) is 38.5 Å². The maximum Gasteiger partial charge on any atom is 0.258 e. The van der Waals surface area contributed by atoms with Gasteiger partial charge in [0, 0.05) is 32.7 Å². The summed E-state index contributed by atoms with van der Waals surface area (Å²) in [6.07, 6.45) is 1.62. The van der Waals surface area contributed by atoms with Crippen LogP contribution in [0, 0.1) is 11.7 Å². The number of nitrogens with one attached hydrogen (secondary N) is 1. The molecule has 0 atom stereocenters. The van der Waals surface area contributed by atoms with Crippen LogP contribution in [0.15, 0.2) is 42.6 Å². The molecule has 0 aliphatic carbocycles. The molecular formula is C20H25FN4O. The Balaban J connectivity index is 1.57. The smallest absolute Gasteiger partial charge is 0.258 e. The summed E-state index contributed by atoms with van der Waals surface area (Å²) in [5.41, 5.74) is 0.582. The maximum atomic E-state index is 13.7. The quantitative estimate of drug-likeness (QED) is 0.893. The van der Waals surface area contributed by atoms with E-state index in [1.54, 1.807) is 18.3 Å². The number of anilines is 2. The van der Waals surface area contributed by atoms with Gasteiger partial charge in [-0.3, -0.25) is 9.69 Å². The Hall–Kier alpha value is -2.47. The summed E-state index contributed by atoms with van der Waals surface area (Å²) in [5.74, 6) is 0.573. The van der Waals surface area contributed by atoms with Gasteiger partial charge >= 0.3 is 0 Å².